The monoisotopic (exact) mass is 452 g/mol. The summed E-state index contributed by atoms with van der Waals surface area (Å²) in [6.45, 7) is 0.507. The number of ether oxygens (including phenoxy) is 1. The molecule has 0 unspecified atom stereocenters. The topological polar surface area (TPSA) is 142 Å². The number of carbonyl (C=O) groups excluding carboxylic acids is 1. The van der Waals surface area contributed by atoms with Crippen molar-refractivity contribution in [3.8, 4) is 11.9 Å². The SMILES string of the molecule is Cn1c(=O)c(C(=O)NCc2ccc(C#N)cc2)cc2cnnc(OCC3(SNO)CC3)c21. The summed E-state index contributed by atoms with van der Waals surface area (Å²) in [6, 6.07) is 10.3. The maximum Gasteiger partial charge on any atom is 0.263 e. The Morgan fingerprint density at radius 1 is 1.38 bits per heavy atom. The van der Waals surface area contributed by atoms with Crippen LogP contribution < -0.4 is 20.5 Å². The van der Waals surface area contributed by atoms with E-state index in [-0.39, 0.29) is 22.7 Å². The fourth-order valence-electron chi connectivity index (χ4n) is 3.26. The van der Waals surface area contributed by atoms with Gasteiger partial charge in [0.15, 0.2) is 0 Å². The van der Waals surface area contributed by atoms with Crippen LogP contribution in [-0.4, -0.2) is 37.2 Å². The van der Waals surface area contributed by atoms with Crippen molar-refractivity contribution in [3.05, 3.63) is 63.6 Å². The molecule has 3 aromatic rings. The lowest BCUT2D eigenvalue weighted by atomic mass is 10.1. The Morgan fingerprint density at radius 2 is 2.12 bits per heavy atom. The van der Waals surface area contributed by atoms with E-state index in [2.05, 4.69) is 20.4 Å². The van der Waals surface area contributed by atoms with Crippen molar-refractivity contribution in [1.82, 2.24) is 25.0 Å². The summed E-state index contributed by atoms with van der Waals surface area (Å²) in [4.78, 5) is 27.7. The molecule has 3 N–H and O–H groups in total. The number of nitriles is 1. The molecule has 1 fully saturated rings. The first kappa shape index (κ1) is 21.8. The van der Waals surface area contributed by atoms with E-state index < -0.39 is 11.5 Å². The molecule has 0 saturated heterocycles. The second-order valence-electron chi connectivity index (χ2n) is 7.53. The Hall–Kier alpha value is -3.46. The summed E-state index contributed by atoms with van der Waals surface area (Å²) < 4.78 is 6.92. The first-order valence-corrected chi connectivity index (χ1v) is 10.6. The largest absolute Gasteiger partial charge is 0.474 e. The lowest BCUT2D eigenvalue weighted by Crippen LogP contribution is -2.32. The van der Waals surface area contributed by atoms with Gasteiger partial charge in [-0.15, -0.1) is 9.98 Å². The molecule has 11 heteroatoms. The molecule has 1 aliphatic rings. The Kier molecular flexibility index (Phi) is 6.09. The average molecular weight is 452 g/mol. The van der Waals surface area contributed by atoms with E-state index in [1.807, 2.05) is 6.07 Å². The van der Waals surface area contributed by atoms with Crippen molar-refractivity contribution >= 4 is 28.8 Å². The van der Waals surface area contributed by atoms with E-state index in [4.69, 9.17) is 15.2 Å². The molecule has 32 heavy (non-hydrogen) atoms. The molecule has 2 heterocycles. The molecule has 1 saturated carbocycles. The van der Waals surface area contributed by atoms with Crippen LogP contribution in [0.2, 0.25) is 0 Å². The molecule has 2 aromatic heterocycles. The number of hydrogen-bond donors (Lipinski definition) is 3. The molecule has 4 rings (SSSR count). The number of nitrogens with zero attached hydrogens (tertiary/aromatic N) is 4. The number of fused-ring (bicyclic) bond motifs is 1. The maximum absolute atomic E-state index is 12.9. The third kappa shape index (κ3) is 4.43. The number of amides is 1. The third-order valence-corrected chi connectivity index (χ3v) is 6.36. The number of pyridine rings is 1. The molecular weight excluding hydrogens is 432 g/mol. The van der Waals surface area contributed by atoms with Crippen LogP contribution in [0.3, 0.4) is 0 Å². The number of nitrogens with one attached hydrogen (secondary N) is 2. The highest BCUT2D eigenvalue weighted by Gasteiger charge is 2.45. The van der Waals surface area contributed by atoms with E-state index in [1.165, 1.54) is 28.8 Å². The summed E-state index contributed by atoms with van der Waals surface area (Å²) >= 11 is 1.18. The van der Waals surface area contributed by atoms with Gasteiger partial charge in [-0.3, -0.25) is 9.59 Å². The number of aromatic nitrogens is 3. The Balaban J connectivity index is 1.55. The van der Waals surface area contributed by atoms with Crippen LogP contribution in [0, 0.1) is 11.3 Å². The molecule has 0 aliphatic heterocycles. The van der Waals surface area contributed by atoms with Gasteiger partial charge in [0.05, 0.1) is 22.6 Å². The minimum absolute atomic E-state index is 0.0219. The minimum atomic E-state index is -0.515. The number of rotatable bonds is 8. The van der Waals surface area contributed by atoms with Gasteiger partial charge in [0, 0.05) is 19.0 Å². The molecule has 164 valence electrons. The van der Waals surface area contributed by atoms with Crippen LogP contribution in [0.1, 0.15) is 34.3 Å². The summed E-state index contributed by atoms with van der Waals surface area (Å²) in [6.07, 6.45) is 3.23. The van der Waals surface area contributed by atoms with Gasteiger partial charge in [-0.2, -0.15) is 10.4 Å². The highest BCUT2D eigenvalue weighted by molar-refractivity contribution is 7.98. The second kappa shape index (κ2) is 8.96. The third-order valence-electron chi connectivity index (χ3n) is 5.31. The normalized spacial score (nSPS) is 14.0. The van der Waals surface area contributed by atoms with E-state index in [0.717, 1.165) is 18.4 Å². The molecule has 0 bridgehead atoms. The number of aryl methyl sites for hydroxylation is 1. The zero-order valence-electron chi connectivity index (χ0n) is 17.2. The van der Waals surface area contributed by atoms with Gasteiger partial charge < -0.3 is 19.8 Å². The smallest absolute Gasteiger partial charge is 0.263 e. The maximum atomic E-state index is 12.9. The van der Waals surface area contributed by atoms with E-state index in [1.54, 1.807) is 31.3 Å². The molecule has 10 nitrogen and oxygen atoms in total. The predicted octanol–water partition coefficient (Wildman–Crippen LogP) is 1.67. The molecule has 0 atom stereocenters. The second-order valence-corrected chi connectivity index (χ2v) is 8.79. The van der Waals surface area contributed by atoms with Crippen LogP contribution in [0.4, 0.5) is 0 Å². The van der Waals surface area contributed by atoms with Crippen LogP contribution in [0.25, 0.3) is 10.9 Å². The average Bonchev–Trinajstić information content (AvgIpc) is 3.58. The lowest BCUT2D eigenvalue weighted by Gasteiger charge is -2.16. The molecule has 1 aromatic carbocycles. The van der Waals surface area contributed by atoms with Gasteiger partial charge >= 0.3 is 0 Å². The Morgan fingerprint density at radius 3 is 2.78 bits per heavy atom. The Labute approximate surface area is 187 Å². The van der Waals surface area contributed by atoms with E-state index in [9.17, 15) is 9.59 Å². The van der Waals surface area contributed by atoms with Crippen LogP contribution >= 0.6 is 11.9 Å². The number of benzene rings is 1. The summed E-state index contributed by atoms with van der Waals surface area (Å²) in [7, 11) is 1.55. The summed E-state index contributed by atoms with van der Waals surface area (Å²) in [5.41, 5.74) is 1.26. The van der Waals surface area contributed by atoms with E-state index >= 15 is 0 Å². The van der Waals surface area contributed by atoms with Gasteiger partial charge in [0.2, 0.25) is 0 Å². The van der Waals surface area contributed by atoms with Crippen molar-refractivity contribution in [2.24, 2.45) is 7.05 Å². The molecule has 1 amide bonds. The molecule has 1 aliphatic carbocycles. The summed E-state index contributed by atoms with van der Waals surface area (Å²) in [5.74, 6) is -0.324. The summed E-state index contributed by atoms with van der Waals surface area (Å²) in [5, 5.41) is 29.0. The zero-order valence-corrected chi connectivity index (χ0v) is 18.0. The zero-order chi connectivity index (χ0) is 22.7. The van der Waals surface area contributed by atoms with Gasteiger partial charge in [-0.05, 0) is 48.6 Å². The first-order chi connectivity index (χ1) is 15.5. The fourth-order valence-corrected chi connectivity index (χ4v) is 3.88. The standard InChI is InChI=1S/C21H20N6O4S/c1-27-17-15(11-24-25-19(17)31-12-21(6-7-21)32-26-30)8-16(20(27)29)18(28)23-10-14-4-2-13(9-22)3-5-14/h2-5,8,11,26,30H,6-7,10,12H2,1H3,(H,23,28). The quantitative estimate of drug-likeness (QED) is 0.343. The van der Waals surface area contributed by atoms with E-state index in [0.29, 0.717) is 23.1 Å². The molecule has 0 radical (unpaired) electrons. The van der Waals surface area contributed by atoms with Crippen molar-refractivity contribution < 1.29 is 14.7 Å². The number of carbonyl (C=O) groups is 1. The van der Waals surface area contributed by atoms with Crippen LogP contribution in [0.5, 0.6) is 5.88 Å². The van der Waals surface area contributed by atoms with Gasteiger partial charge in [0.1, 0.15) is 17.7 Å². The van der Waals surface area contributed by atoms with Crippen molar-refractivity contribution in [3.63, 3.8) is 0 Å². The minimum Gasteiger partial charge on any atom is -0.474 e. The molecular formula is C21H20N6O4S. The highest BCUT2D eigenvalue weighted by atomic mass is 32.2. The van der Waals surface area contributed by atoms with Crippen molar-refractivity contribution in [2.45, 2.75) is 24.1 Å². The van der Waals surface area contributed by atoms with Crippen LogP contribution in [0.15, 0.2) is 41.3 Å². The van der Waals surface area contributed by atoms with Crippen molar-refractivity contribution in [1.29, 1.82) is 5.26 Å². The fraction of sp³-hybridized carbons (Fsp3) is 0.286. The highest BCUT2D eigenvalue weighted by Crippen LogP contribution is 2.47. The van der Waals surface area contributed by atoms with Crippen LogP contribution in [-0.2, 0) is 13.6 Å². The first-order valence-electron chi connectivity index (χ1n) is 9.79. The Bertz CT molecular complexity index is 1260. The predicted molar refractivity (Wildman–Crippen MR) is 117 cm³/mol. The van der Waals surface area contributed by atoms with Gasteiger partial charge in [-0.1, -0.05) is 12.1 Å². The molecule has 0 spiro atoms. The van der Waals surface area contributed by atoms with Crippen molar-refractivity contribution in [2.75, 3.05) is 6.61 Å². The number of hydrogen-bond acceptors (Lipinski definition) is 9. The van der Waals surface area contributed by atoms with Gasteiger partial charge in [0.25, 0.3) is 17.3 Å². The van der Waals surface area contributed by atoms with Gasteiger partial charge in [-0.25, -0.2) is 0 Å². The lowest BCUT2D eigenvalue weighted by molar-refractivity contribution is 0.0949.